The van der Waals surface area contributed by atoms with E-state index in [-0.39, 0.29) is 5.41 Å². The molecule has 7 heteroatoms. The Labute approximate surface area is 160 Å². The molecule has 6 nitrogen and oxygen atoms in total. The molecule has 0 amide bonds. The first-order valence-corrected chi connectivity index (χ1v) is 10.1. The predicted octanol–water partition coefficient (Wildman–Crippen LogP) is 2.81. The first-order chi connectivity index (χ1) is 12.3. The average molecular weight is 375 g/mol. The molecule has 0 radical (unpaired) electrons. The summed E-state index contributed by atoms with van der Waals surface area (Å²) in [5, 5.41) is 11.0. The molecule has 0 aromatic carbocycles. The summed E-state index contributed by atoms with van der Waals surface area (Å²) >= 11 is 1.72. The van der Waals surface area contributed by atoms with Crippen LogP contribution in [0.4, 0.5) is 0 Å². The maximum Gasteiger partial charge on any atom is 0.194 e. The lowest BCUT2D eigenvalue weighted by Gasteiger charge is -2.21. The largest absolute Gasteiger partial charge is 0.350 e. The SMILES string of the molecule is CN=C(NCc1nc(C(C)(C)C)cs1)N1CCC(Cc2cnn(C)c2)C1. The fourth-order valence-corrected chi connectivity index (χ4v) is 4.29. The summed E-state index contributed by atoms with van der Waals surface area (Å²) in [5.41, 5.74) is 2.58. The first kappa shape index (κ1) is 18.9. The van der Waals surface area contributed by atoms with Gasteiger partial charge in [-0.25, -0.2) is 4.98 Å². The van der Waals surface area contributed by atoms with Crippen LogP contribution in [0.3, 0.4) is 0 Å². The molecule has 1 aliphatic rings. The topological polar surface area (TPSA) is 58.3 Å². The second kappa shape index (κ2) is 7.78. The molecule has 1 aliphatic heterocycles. The lowest BCUT2D eigenvalue weighted by molar-refractivity contribution is 0.459. The molecule has 0 aliphatic carbocycles. The summed E-state index contributed by atoms with van der Waals surface area (Å²) in [4.78, 5) is 11.6. The van der Waals surface area contributed by atoms with E-state index in [2.05, 4.69) is 52.7 Å². The summed E-state index contributed by atoms with van der Waals surface area (Å²) in [6.45, 7) is 9.42. The minimum absolute atomic E-state index is 0.102. The van der Waals surface area contributed by atoms with Crippen LogP contribution >= 0.6 is 11.3 Å². The van der Waals surface area contributed by atoms with Crippen molar-refractivity contribution in [3.05, 3.63) is 34.0 Å². The van der Waals surface area contributed by atoms with Crippen LogP contribution in [-0.2, 0) is 25.4 Å². The third kappa shape index (κ3) is 4.63. The Morgan fingerprint density at radius 3 is 2.85 bits per heavy atom. The van der Waals surface area contributed by atoms with Crippen molar-refractivity contribution in [3.63, 3.8) is 0 Å². The number of guanidine groups is 1. The van der Waals surface area contributed by atoms with Crippen LogP contribution in [-0.4, -0.2) is 45.8 Å². The number of aromatic nitrogens is 3. The summed E-state index contributed by atoms with van der Waals surface area (Å²) in [5.74, 6) is 1.64. The number of aliphatic imine (C=N–C) groups is 1. The van der Waals surface area contributed by atoms with Gasteiger partial charge < -0.3 is 10.2 Å². The van der Waals surface area contributed by atoms with Crippen molar-refractivity contribution in [2.45, 2.75) is 45.6 Å². The zero-order chi connectivity index (χ0) is 18.7. The molecular formula is C19H30N6S. The van der Waals surface area contributed by atoms with Gasteiger partial charge in [0.05, 0.1) is 18.4 Å². The molecule has 1 fully saturated rings. The summed E-state index contributed by atoms with van der Waals surface area (Å²) in [6.07, 6.45) is 6.37. The molecule has 3 rings (SSSR count). The molecule has 26 heavy (non-hydrogen) atoms. The Bertz CT molecular complexity index is 754. The van der Waals surface area contributed by atoms with E-state index >= 15 is 0 Å². The van der Waals surface area contributed by atoms with Gasteiger partial charge in [-0.15, -0.1) is 11.3 Å². The van der Waals surface area contributed by atoms with Crippen LogP contribution in [0.2, 0.25) is 0 Å². The number of likely N-dealkylation sites (tertiary alicyclic amines) is 1. The number of hydrogen-bond acceptors (Lipinski definition) is 4. The molecule has 1 unspecified atom stereocenters. The minimum Gasteiger partial charge on any atom is -0.350 e. The zero-order valence-corrected chi connectivity index (χ0v) is 17.3. The van der Waals surface area contributed by atoms with Crippen molar-refractivity contribution in [1.82, 2.24) is 25.0 Å². The highest BCUT2D eigenvalue weighted by molar-refractivity contribution is 7.09. The lowest BCUT2D eigenvalue weighted by atomic mass is 9.93. The number of nitrogens with zero attached hydrogens (tertiary/aromatic N) is 5. The van der Waals surface area contributed by atoms with Gasteiger partial charge >= 0.3 is 0 Å². The van der Waals surface area contributed by atoms with Crippen molar-refractivity contribution in [2.75, 3.05) is 20.1 Å². The van der Waals surface area contributed by atoms with Crippen LogP contribution in [0.25, 0.3) is 0 Å². The van der Waals surface area contributed by atoms with Gasteiger partial charge in [-0.2, -0.15) is 5.10 Å². The van der Waals surface area contributed by atoms with Crippen molar-refractivity contribution < 1.29 is 0 Å². The quantitative estimate of drug-likeness (QED) is 0.660. The standard InChI is InChI=1S/C19H30N6S/c1-19(2,3)16-13-26-17(23-16)10-21-18(20-4)25-7-6-14(12-25)8-15-9-22-24(5)11-15/h9,11,13-14H,6-8,10,12H2,1-5H3,(H,20,21). The summed E-state index contributed by atoms with van der Waals surface area (Å²) in [6, 6.07) is 0. The minimum atomic E-state index is 0.102. The molecule has 1 saturated heterocycles. The zero-order valence-electron chi connectivity index (χ0n) is 16.5. The first-order valence-electron chi connectivity index (χ1n) is 9.23. The average Bonchev–Trinajstić information content (AvgIpc) is 3.29. The summed E-state index contributed by atoms with van der Waals surface area (Å²) in [7, 11) is 3.83. The fourth-order valence-electron chi connectivity index (χ4n) is 3.33. The molecule has 0 bridgehead atoms. The normalized spacial score (nSPS) is 18.6. The van der Waals surface area contributed by atoms with Crippen molar-refractivity contribution in [3.8, 4) is 0 Å². The molecule has 2 aromatic rings. The van der Waals surface area contributed by atoms with Gasteiger partial charge in [0.1, 0.15) is 5.01 Å². The molecular weight excluding hydrogens is 344 g/mol. The molecule has 1 N–H and O–H groups in total. The van der Waals surface area contributed by atoms with E-state index < -0.39 is 0 Å². The number of thiazole rings is 1. The van der Waals surface area contributed by atoms with E-state index in [1.165, 1.54) is 12.0 Å². The third-order valence-electron chi connectivity index (χ3n) is 4.80. The maximum atomic E-state index is 4.76. The highest BCUT2D eigenvalue weighted by atomic mass is 32.1. The van der Waals surface area contributed by atoms with E-state index in [4.69, 9.17) is 4.98 Å². The molecule has 0 saturated carbocycles. The van der Waals surface area contributed by atoms with E-state index in [9.17, 15) is 0 Å². The van der Waals surface area contributed by atoms with Gasteiger partial charge in [-0.05, 0) is 24.3 Å². The Kier molecular flexibility index (Phi) is 5.65. The van der Waals surface area contributed by atoms with Gasteiger partial charge in [0.25, 0.3) is 0 Å². The van der Waals surface area contributed by atoms with E-state index in [1.54, 1.807) is 11.3 Å². The number of aryl methyl sites for hydroxylation is 1. The number of nitrogens with one attached hydrogen (secondary N) is 1. The van der Waals surface area contributed by atoms with Gasteiger partial charge in [-0.3, -0.25) is 9.67 Å². The Balaban J connectivity index is 1.52. The van der Waals surface area contributed by atoms with Gasteiger partial charge in [-0.1, -0.05) is 20.8 Å². The van der Waals surface area contributed by atoms with Gasteiger partial charge in [0.2, 0.25) is 0 Å². The van der Waals surface area contributed by atoms with E-state index in [0.717, 1.165) is 42.7 Å². The predicted molar refractivity (Wildman–Crippen MR) is 108 cm³/mol. The monoisotopic (exact) mass is 374 g/mol. The van der Waals surface area contributed by atoms with E-state index in [1.807, 2.05) is 25.0 Å². The van der Waals surface area contributed by atoms with Crippen LogP contribution in [0.15, 0.2) is 22.8 Å². The Hall–Kier alpha value is -1.89. The van der Waals surface area contributed by atoms with Crippen LogP contribution in [0.5, 0.6) is 0 Å². The van der Waals surface area contributed by atoms with Crippen molar-refractivity contribution >= 4 is 17.3 Å². The highest BCUT2D eigenvalue weighted by Crippen LogP contribution is 2.24. The van der Waals surface area contributed by atoms with Gasteiger partial charge in [0.15, 0.2) is 5.96 Å². The fraction of sp³-hybridized carbons (Fsp3) is 0.632. The van der Waals surface area contributed by atoms with Crippen LogP contribution < -0.4 is 5.32 Å². The number of hydrogen-bond donors (Lipinski definition) is 1. The molecule has 3 heterocycles. The van der Waals surface area contributed by atoms with Gasteiger partial charge in [0, 0.05) is 44.2 Å². The second-order valence-corrected chi connectivity index (χ2v) is 9.05. The van der Waals surface area contributed by atoms with Crippen molar-refractivity contribution in [1.29, 1.82) is 0 Å². The Morgan fingerprint density at radius 2 is 2.23 bits per heavy atom. The van der Waals surface area contributed by atoms with Crippen LogP contribution in [0, 0.1) is 5.92 Å². The second-order valence-electron chi connectivity index (χ2n) is 8.10. The third-order valence-corrected chi connectivity index (χ3v) is 5.65. The Morgan fingerprint density at radius 1 is 1.42 bits per heavy atom. The molecule has 0 spiro atoms. The molecule has 2 aromatic heterocycles. The molecule has 1 atom stereocenters. The molecule has 142 valence electrons. The van der Waals surface area contributed by atoms with Crippen molar-refractivity contribution in [2.24, 2.45) is 18.0 Å². The lowest BCUT2D eigenvalue weighted by Crippen LogP contribution is -2.39. The smallest absolute Gasteiger partial charge is 0.194 e. The highest BCUT2D eigenvalue weighted by Gasteiger charge is 2.25. The van der Waals surface area contributed by atoms with E-state index in [0.29, 0.717) is 5.92 Å². The maximum absolute atomic E-state index is 4.76. The van der Waals surface area contributed by atoms with Crippen LogP contribution in [0.1, 0.15) is 43.5 Å². The number of rotatable bonds is 4. The summed E-state index contributed by atoms with van der Waals surface area (Å²) < 4.78 is 1.88.